The van der Waals surface area contributed by atoms with Gasteiger partial charge < -0.3 is 4.42 Å². The predicted octanol–water partition coefficient (Wildman–Crippen LogP) is 10.6. The molecule has 0 aliphatic carbocycles. The molecule has 4 aromatic heterocycles. The first kappa shape index (κ1) is 16.9. The van der Waals surface area contributed by atoms with Gasteiger partial charge in [-0.2, -0.15) is 9.97 Å². The molecule has 0 aliphatic rings. The van der Waals surface area contributed by atoms with Crippen molar-refractivity contribution in [2.45, 2.75) is 0 Å². The maximum absolute atomic E-state index is 9.68. The van der Waals surface area contributed by atoms with Gasteiger partial charge in [0.2, 0.25) is 5.95 Å². The van der Waals surface area contributed by atoms with Crippen LogP contribution in [-0.2, 0) is 0 Å². The number of rotatable bonds is 3. The average Bonchev–Trinajstić information content (AvgIpc) is 3.91. The van der Waals surface area contributed by atoms with E-state index in [-0.39, 0.29) is 83.7 Å². The van der Waals surface area contributed by atoms with E-state index in [1.165, 1.54) is 4.57 Å². The molecule has 210 valence electrons. The summed E-state index contributed by atoms with van der Waals surface area (Å²) in [5.41, 5.74) is 2.45. The summed E-state index contributed by atoms with van der Waals surface area (Å²) in [6.45, 7) is 0. The number of furan rings is 1. The molecular formula is C39H22N4OS. The van der Waals surface area contributed by atoms with Gasteiger partial charge in [-0.3, -0.25) is 4.57 Å². The zero-order valence-corrected chi connectivity index (χ0v) is 23.9. The SMILES string of the molecule is [2H]c1c([2H])c([2H])c2c(sc3c([2H])c4c(c([2H])c32)c2c([2H])c([2H])c([2H])c([2H])c2n4-c2nc(-c3ccccc3)nc(-c3cccc4oc5ccccc5c34)n2)c1[2H]. The van der Waals surface area contributed by atoms with Crippen LogP contribution in [0.15, 0.2) is 138 Å². The maximum Gasteiger partial charge on any atom is 0.238 e. The summed E-state index contributed by atoms with van der Waals surface area (Å²) in [5, 5.41) is 1.69. The maximum atomic E-state index is 9.68. The van der Waals surface area contributed by atoms with Crippen LogP contribution in [0.3, 0.4) is 0 Å². The van der Waals surface area contributed by atoms with E-state index in [1.807, 2.05) is 72.8 Å². The van der Waals surface area contributed by atoms with Crippen molar-refractivity contribution in [3.63, 3.8) is 0 Å². The van der Waals surface area contributed by atoms with E-state index in [4.69, 9.17) is 29.0 Å². The number of aromatic nitrogens is 4. The van der Waals surface area contributed by atoms with Crippen LogP contribution in [0, 0.1) is 0 Å². The molecule has 0 atom stereocenters. The van der Waals surface area contributed by atoms with E-state index >= 15 is 0 Å². The first-order valence-electron chi connectivity index (χ1n) is 19.1. The number of hydrogen-bond acceptors (Lipinski definition) is 5. The Hall–Kier alpha value is -5.85. The van der Waals surface area contributed by atoms with Crippen LogP contribution in [0.5, 0.6) is 0 Å². The van der Waals surface area contributed by atoms with Crippen molar-refractivity contribution >= 4 is 75.3 Å². The van der Waals surface area contributed by atoms with Crippen molar-refractivity contribution in [3.8, 4) is 28.7 Å². The number of fused-ring (bicyclic) bond motifs is 9. The minimum Gasteiger partial charge on any atom is -0.456 e. The minimum atomic E-state index is -0.542. The van der Waals surface area contributed by atoms with Gasteiger partial charge in [-0.05, 0) is 36.3 Å². The van der Waals surface area contributed by atoms with Crippen molar-refractivity contribution in [2.75, 3.05) is 0 Å². The van der Waals surface area contributed by atoms with Gasteiger partial charge in [0.25, 0.3) is 0 Å². The van der Waals surface area contributed by atoms with Gasteiger partial charge in [-0.25, -0.2) is 4.98 Å². The third kappa shape index (κ3) is 3.63. The molecule has 4 heterocycles. The Balaban J connectivity index is 1.42. The number of benzene rings is 6. The molecule has 0 saturated heterocycles. The highest BCUT2D eigenvalue weighted by Crippen LogP contribution is 2.41. The highest BCUT2D eigenvalue weighted by molar-refractivity contribution is 7.25. The van der Waals surface area contributed by atoms with Crippen molar-refractivity contribution < 1.29 is 18.1 Å². The van der Waals surface area contributed by atoms with Crippen LogP contribution < -0.4 is 0 Å². The highest BCUT2D eigenvalue weighted by Gasteiger charge is 2.21. The van der Waals surface area contributed by atoms with E-state index in [2.05, 4.69) is 0 Å². The standard InChI is InChI=1S/C39H22N4OS/c1-2-11-23(12-3-1)37-40-38(27-16-10-19-33-36(27)26-15-5-8-18-32(26)44-33)42-39(41-37)43-30-17-7-4-13-24(30)28-21-29-25-14-6-9-20-34(25)45-35(29)22-31(28)43/h1-22H/i4D,6D,7D,9D,13D,14D,17D,20D,21D,22D. The second kappa shape index (κ2) is 9.32. The second-order valence-electron chi connectivity index (χ2n) is 10.5. The summed E-state index contributed by atoms with van der Waals surface area (Å²) in [6.07, 6.45) is 0. The summed E-state index contributed by atoms with van der Waals surface area (Å²) in [6, 6.07) is 18.3. The molecule has 0 aliphatic heterocycles. The lowest BCUT2D eigenvalue weighted by atomic mass is 10.1. The molecule has 10 rings (SSSR count). The summed E-state index contributed by atoms with van der Waals surface area (Å²) in [4.78, 5) is 14.8. The zero-order valence-electron chi connectivity index (χ0n) is 33.0. The van der Waals surface area contributed by atoms with Gasteiger partial charge in [-0.1, -0.05) is 96.9 Å². The van der Waals surface area contributed by atoms with Crippen LogP contribution in [0.1, 0.15) is 13.7 Å². The topological polar surface area (TPSA) is 56.7 Å². The monoisotopic (exact) mass is 604 g/mol. The predicted molar refractivity (Wildman–Crippen MR) is 185 cm³/mol. The largest absolute Gasteiger partial charge is 0.456 e. The van der Waals surface area contributed by atoms with Crippen LogP contribution in [0.4, 0.5) is 0 Å². The molecule has 0 radical (unpaired) electrons. The Kier molecular flexibility index (Phi) is 3.49. The van der Waals surface area contributed by atoms with Crippen molar-refractivity contribution in [1.82, 2.24) is 19.5 Å². The van der Waals surface area contributed by atoms with E-state index < -0.39 is 36.3 Å². The number of thiophene rings is 1. The van der Waals surface area contributed by atoms with Crippen molar-refractivity contribution in [3.05, 3.63) is 133 Å². The molecule has 0 bridgehead atoms. The van der Waals surface area contributed by atoms with E-state index in [1.54, 1.807) is 0 Å². The smallest absolute Gasteiger partial charge is 0.238 e. The molecular weight excluding hydrogens is 573 g/mol. The van der Waals surface area contributed by atoms with Crippen molar-refractivity contribution in [1.29, 1.82) is 0 Å². The van der Waals surface area contributed by atoms with Gasteiger partial charge in [0.15, 0.2) is 11.6 Å². The summed E-state index contributed by atoms with van der Waals surface area (Å²) >= 11 is 0.950. The van der Waals surface area contributed by atoms with E-state index in [9.17, 15) is 4.11 Å². The van der Waals surface area contributed by atoms with E-state index in [0.717, 1.165) is 22.1 Å². The molecule has 6 aromatic carbocycles. The Morgan fingerprint density at radius 3 is 2.29 bits per heavy atom. The fourth-order valence-corrected chi connectivity index (χ4v) is 6.92. The van der Waals surface area contributed by atoms with Gasteiger partial charge in [0.1, 0.15) is 11.2 Å². The third-order valence-electron chi connectivity index (χ3n) is 7.92. The van der Waals surface area contributed by atoms with E-state index in [0.29, 0.717) is 22.3 Å². The molecule has 0 saturated carbocycles. The Morgan fingerprint density at radius 1 is 0.578 bits per heavy atom. The fourth-order valence-electron chi connectivity index (χ4n) is 5.96. The highest BCUT2D eigenvalue weighted by atomic mass is 32.1. The molecule has 0 unspecified atom stereocenters. The van der Waals surface area contributed by atoms with Crippen LogP contribution in [0.25, 0.3) is 92.6 Å². The normalized spacial score (nSPS) is 15.1. The molecule has 10 aromatic rings. The zero-order chi connectivity index (χ0) is 38.2. The lowest BCUT2D eigenvalue weighted by Crippen LogP contribution is -2.06. The van der Waals surface area contributed by atoms with Crippen LogP contribution >= 0.6 is 11.3 Å². The van der Waals surface area contributed by atoms with Crippen LogP contribution in [-0.4, -0.2) is 19.5 Å². The second-order valence-corrected chi connectivity index (χ2v) is 11.5. The van der Waals surface area contributed by atoms with Gasteiger partial charge in [0.05, 0.1) is 24.7 Å². The van der Waals surface area contributed by atoms with Crippen molar-refractivity contribution in [2.24, 2.45) is 0 Å². The molecule has 5 nitrogen and oxygen atoms in total. The minimum absolute atomic E-state index is 0.00207. The summed E-state index contributed by atoms with van der Waals surface area (Å²) < 4.78 is 96.8. The Bertz CT molecular complexity index is 3340. The lowest BCUT2D eigenvalue weighted by Gasteiger charge is -2.11. The third-order valence-corrected chi connectivity index (χ3v) is 8.94. The van der Waals surface area contributed by atoms with Gasteiger partial charge in [-0.15, -0.1) is 11.3 Å². The molecule has 0 spiro atoms. The van der Waals surface area contributed by atoms with Gasteiger partial charge in [0, 0.05) is 52.8 Å². The molecule has 45 heavy (non-hydrogen) atoms. The molecule has 0 fully saturated rings. The Morgan fingerprint density at radius 2 is 1.36 bits per heavy atom. The fraction of sp³-hybridized carbons (Fsp3) is 0. The number of hydrogen-bond donors (Lipinski definition) is 0. The Labute approximate surface area is 274 Å². The lowest BCUT2D eigenvalue weighted by molar-refractivity contribution is 0.669. The average molecular weight is 605 g/mol. The quantitative estimate of drug-likeness (QED) is 0.201. The first-order valence-corrected chi connectivity index (χ1v) is 14.9. The summed E-state index contributed by atoms with van der Waals surface area (Å²) in [7, 11) is 0. The molecule has 0 N–H and O–H groups in total. The summed E-state index contributed by atoms with van der Waals surface area (Å²) in [5.74, 6) is 0.391. The number of para-hydroxylation sites is 2. The first-order chi connectivity index (χ1) is 26.5. The van der Waals surface area contributed by atoms with Crippen LogP contribution in [0.2, 0.25) is 0 Å². The van der Waals surface area contributed by atoms with Gasteiger partial charge >= 0.3 is 0 Å². The molecule has 0 amide bonds. The molecule has 6 heteroatoms. The number of nitrogens with zero attached hydrogens (tertiary/aromatic N) is 4.